The van der Waals surface area contributed by atoms with Crippen molar-refractivity contribution in [3.8, 4) is 33.9 Å². The van der Waals surface area contributed by atoms with Gasteiger partial charge < -0.3 is 18.6 Å². The van der Waals surface area contributed by atoms with Crippen molar-refractivity contribution in [1.29, 1.82) is 0 Å². The molecule has 0 saturated carbocycles. The normalized spacial score (nSPS) is 11.2. The van der Waals surface area contributed by atoms with Gasteiger partial charge in [-0.15, -0.1) is 0 Å². The summed E-state index contributed by atoms with van der Waals surface area (Å²) in [4.78, 5) is 13.1. The topological polar surface area (TPSA) is 49.2 Å². The SMILES string of the molecule is CCOC(=O)c1cc2c(OC)cc(OC)c3c(-c4ccccc4)c(-c4ccccc4)n1c23. The third-order valence-corrected chi connectivity index (χ3v) is 5.76. The smallest absolute Gasteiger partial charge is 0.355 e. The van der Waals surface area contributed by atoms with Crippen molar-refractivity contribution in [2.45, 2.75) is 6.92 Å². The lowest BCUT2D eigenvalue weighted by atomic mass is 9.97. The van der Waals surface area contributed by atoms with Gasteiger partial charge in [-0.3, -0.25) is 0 Å². The Hall–Kier alpha value is -3.99. The van der Waals surface area contributed by atoms with Gasteiger partial charge in [-0.05, 0) is 24.1 Å². The van der Waals surface area contributed by atoms with Crippen LogP contribution in [0.25, 0.3) is 38.7 Å². The van der Waals surface area contributed by atoms with Crippen LogP contribution in [0.4, 0.5) is 0 Å². The molecule has 0 spiro atoms. The summed E-state index contributed by atoms with van der Waals surface area (Å²) >= 11 is 0. The molecule has 5 nitrogen and oxygen atoms in total. The summed E-state index contributed by atoms with van der Waals surface area (Å²) in [6.45, 7) is 2.10. The lowest BCUT2D eigenvalue weighted by Gasteiger charge is -2.11. The van der Waals surface area contributed by atoms with Crippen molar-refractivity contribution in [2.75, 3.05) is 20.8 Å². The van der Waals surface area contributed by atoms with Crippen LogP contribution >= 0.6 is 0 Å². The summed E-state index contributed by atoms with van der Waals surface area (Å²) < 4.78 is 18.9. The summed E-state index contributed by atoms with van der Waals surface area (Å²) in [5, 5.41) is 1.77. The Morgan fingerprint density at radius 1 is 0.844 bits per heavy atom. The lowest BCUT2D eigenvalue weighted by molar-refractivity contribution is 0.0518. The number of ether oxygens (including phenoxy) is 3. The van der Waals surface area contributed by atoms with E-state index in [0.717, 1.165) is 38.7 Å². The second kappa shape index (κ2) is 7.93. The first-order valence-corrected chi connectivity index (χ1v) is 10.5. The van der Waals surface area contributed by atoms with Gasteiger partial charge in [0.25, 0.3) is 0 Å². The summed E-state index contributed by atoms with van der Waals surface area (Å²) in [6, 6.07) is 24.0. The van der Waals surface area contributed by atoms with Gasteiger partial charge in [-0.2, -0.15) is 0 Å². The second-order valence-electron chi connectivity index (χ2n) is 7.46. The maximum Gasteiger partial charge on any atom is 0.355 e. The summed E-state index contributed by atoms with van der Waals surface area (Å²) in [5.41, 5.74) is 5.28. The Labute approximate surface area is 186 Å². The number of esters is 1. The van der Waals surface area contributed by atoms with E-state index < -0.39 is 0 Å². The first kappa shape index (κ1) is 19.9. The van der Waals surface area contributed by atoms with E-state index in [-0.39, 0.29) is 5.97 Å². The molecule has 5 rings (SSSR count). The predicted octanol–water partition coefficient (Wildman–Crippen LogP) is 6.06. The second-order valence-corrected chi connectivity index (χ2v) is 7.46. The fourth-order valence-corrected chi connectivity index (χ4v) is 4.48. The number of carbonyl (C=O) groups excluding carboxylic acids is 1. The molecule has 0 aliphatic heterocycles. The zero-order valence-electron chi connectivity index (χ0n) is 18.2. The number of benzene rings is 3. The van der Waals surface area contributed by atoms with E-state index in [9.17, 15) is 4.79 Å². The highest BCUT2D eigenvalue weighted by Gasteiger charge is 2.30. The molecule has 0 bridgehead atoms. The van der Waals surface area contributed by atoms with E-state index >= 15 is 0 Å². The first-order valence-electron chi connectivity index (χ1n) is 10.5. The van der Waals surface area contributed by atoms with Crippen LogP contribution in [0, 0.1) is 0 Å². The molecule has 5 heteroatoms. The largest absolute Gasteiger partial charge is 0.496 e. The molecule has 3 aromatic carbocycles. The van der Waals surface area contributed by atoms with E-state index in [1.54, 1.807) is 14.2 Å². The highest BCUT2D eigenvalue weighted by Crippen LogP contribution is 2.50. The van der Waals surface area contributed by atoms with Gasteiger partial charge in [0.05, 0.1) is 37.4 Å². The predicted molar refractivity (Wildman–Crippen MR) is 126 cm³/mol. The lowest BCUT2D eigenvalue weighted by Crippen LogP contribution is -2.08. The Morgan fingerprint density at radius 3 is 2.06 bits per heavy atom. The van der Waals surface area contributed by atoms with Crippen LogP contribution in [0.1, 0.15) is 17.4 Å². The zero-order valence-corrected chi connectivity index (χ0v) is 18.2. The Kier molecular flexibility index (Phi) is 4.94. The third kappa shape index (κ3) is 2.89. The molecule has 0 unspecified atom stereocenters. The quantitative estimate of drug-likeness (QED) is 0.310. The molecule has 0 atom stereocenters. The van der Waals surface area contributed by atoms with Gasteiger partial charge in [-0.25, -0.2) is 4.79 Å². The van der Waals surface area contributed by atoms with Gasteiger partial charge in [0.2, 0.25) is 0 Å². The van der Waals surface area contributed by atoms with Crippen LogP contribution in [-0.2, 0) is 4.74 Å². The first-order chi connectivity index (χ1) is 15.7. The molecular formula is C27H23NO4. The van der Waals surface area contributed by atoms with Gasteiger partial charge in [0.1, 0.15) is 17.2 Å². The summed E-state index contributed by atoms with van der Waals surface area (Å²) in [5.74, 6) is 0.957. The monoisotopic (exact) mass is 425 g/mol. The molecule has 0 aliphatic carbocycles. The van der Waals surface area contributed by atoms with E-state index in [4.69, 9.17) is 14.2 Å². The Balaban J connectivity index is 2.04. The van der Waals surface area contributed by atoms with Crippen molar-refractivity contribution in [1.82, 2.24) is 4.40 Å². The van der Waals surface area contributed by atoms with Gasteiger partial charge >= 0.3 is 5.97 Å². The Morgan fingerprint density at radius 2 is 1.47 bits per heavy atom. The number of methoxy groups -OCH3 is 2. The molecule has 5 aromatic rings. The van der Waals surface area contributed by atoms with Crippen molar-refractivity contribution in [3.05, 3.63) is 78.5 Å². The maximum atomic E-state index is 13.1. The van der Waals surface area contributed by atoms with Crippen molar-refractivity contribution in [3.63, 3.8) is 0 Å². The van der Waals surface area contributed by atoms with Crippen molar-refractivity contribution < 1.29 is 19.0 Å². The molecule has 0 amide bonds. The van der Waals surface area contributed by atoms with Crippen LogP contribution in [0.5, 0.6) is 11.5 Å². The molecule has 160 valence electrons. The molecular weight excluding hydrogens is 402 g/mol. The average Bonchev–Trinajstić information content (AvgIpc) is 3.40. The number of hydrogen-bond donors (Lipinski definition) is 0. The van der Waals surface area contributed by atoms with E-state index in [2.05, 4.69) is 24.3 Å². The van der Waals surface area contributed by atoms with Crippen LogP contribution in [0.2, 0.25) is 0 Å². The summed E-state index contributed by atoms with van der Waals surface area (Å²) in [7, 11) is 3.27. The fraction of sp³-hybridized carbons (Fsp3) is 0.148. The van der Waals surface area contributed by atoms with E-state index in [1.807, 2.05) is 59.9 Å². The average molecular weight is 425 g/mol. The van der Waals surface area contributed by atoms with Crippen LogP contribution in [-0.4, -0.2) is 31.2 Å². The molecule has 0 fully saturated rings. The van der Waals surface area contributed by atoms with Crippen LogP contribution in [0.15, 0.2) is 72.8 Å². The van der Waals surface area contributed by atoms with Gasteiger partial charge in [-0.1, -0.05) is 60.7 Å². The van der Waals surface area contributed by atoms with Gasteiger partial charge in [0, 0.05) is 17.0 Å². The minimum atomic E-state index is -0.376. The molecule has 32 heavy (non-hydrogen) atoms. The minimum Gasteiger partial charge on any atom is -0.496 e. The van der Waals surface area contributed by atoms with Crippen LogP contribution in [0.3, 0.4) is 0 Å². The molecule has 0 N–H and O–H groups in total. The number of hydrogen-bond acceptors (Lipinski definition) is 4. The minimum absolute atomic E-state index is 0.295. The molecule has 0 aliphatic rings. The van der Waals surface area contributed by atoms with Gasteiger partial charge in [0.15, 0.2) is 0 Å². The molecule has 2 aromatic heterocycles. The number of carbonyl (C=O) groups is 1. The fourth-order valence-electron chi connectivity index (χ4n) is 4.48. The highest BCUT2D eigenvalue weighted by atomic mass is 16.5. The maximum absolute atomic E-state index is 13.1. The number of aromatic nitrogens is 1. The van der Waals surface area contributed by atoms with E-state index in [0.29, 0.717) is 23.8 Å². The van der Waals surface area contributed by atoms with E-state index in [1.165, 1.54) is 0 Å². The number of nitrogens with zero attached hydrogens (tertiary/aromatic N) is 1. The Bertz CT molecular complexity index is 1400. The highest BCUT2D eigenvalue weighted by molar-refractivity contribution is 6.18. The molecule has 2 heterocycles. The third-order valence-electron chi connectivity index (χ3n) is 5.76. The molecule has 0 radical (unpaired) electrons. The molecule has 0 saturated heterocycles. The number of rotatable bonds is 6. The summed E-state index contributed by atoms with van der Waals surface area (Å²) in [6.07, 6.45) is 0. The van der Waals surface area contributed by atoms with Crippen LogP contribution < -0.4 is 9.47 Å². The zero-order chi connectivity index (χ0) is 22.2. The van der Waals surface area contributed by atoms with Crippen molar-refractivity contribution in [2.24, 2.45) is 0 Å². The standard InChI is InChI=1S/C27H23NO4/c1-4-32-27(29)20-15-19-21(30-2)16-22(31-3)24-23(17-11-7-5-8-12-17)25(28(20)26(19)24)18-13-9-6-10-14-18/h5-16H,4H2,1-3H3. The van der Waals surface area contributed by atoms with Crippen molar-refractivity contribution >= 4 is 22.3 Å².